The molecule has 2 aromatic heterocycles. The van der Waals surface area contributed by atoms with Gasteiger partial charge in [0.2, 0.25) is 11.2 Å². The first-order valence-corrected chi connectivity index (χ1v) is 10.1. The average Bonchev–Trinajstić information content (AvgIpc) is 3.09. The Labute approximate surface area is 177 Å². The van der Waals surface area contributed by atoms with Crippen molar-refractivity contribution >= 4 is 11.6 Å². The Bertz CT molecular complexity index is 1170. The zero-order chi connectivity index (χ0) is 21.3. The van der Waals surface area contributed by atoms with Crippen LogP contribution in [-0.4, -0.2) is 27.3 Å². The maximum Gasteiger partial charge on any atom is 0.225 e. The first-order chi connectivity index (χ1) is 14.3. The van der Waals surface area contributed by atoms with Gasteiger partial charge in [0.15, 0.2) is 0 Å². The van der Waals surface area contributed by atoms with Crippen LogP contribution in [0.2, 0.25) is 5.28 Å². The first kappa shape index (κ1) is 19.3. The lowest BCUT2D eigenvalue weighted by molar-refractivity contribution is 0.241. The van der Waals surface area contributed by atoms with Gasteiger partial charge in [-0.2, -0.15) is 10.1 Å². The van der Waals surface area contributed by atoms with Crippen LogP contribution in [0.3, 0.4) is 0 Å². The van der Waals surface area contributed by atoms with Crippen LogP contribution in [0.5, 0.6) is 5.88 Å². The van der Waals surface area contributed by atoms with E-state index in [9.17, 15) is 8.78 Å². The summed E-state index contributed by atoms with van der Waals surface area (Å²) in [5, 5.41) is 8.83. The van der Waals surface area contributed by atoms with Crippen molar-refractivity contribution in [1.29, 1.82) is 0 Å². The van der Waals surface area contributed by atoms with Crippen molar-refractivity contribution in [3.63, 3.8) is 0 Å². The van der Waals surface area contributed by atoms with Crippen LogP contribution in [0.4, 0.5) is 8.78 Å². The number of rotatable bonds is 3. The number of hydrogen-bond donors (Lipinski definition) is 0. The molecule has 5 rings (SSSR count). The zero-order valence-electron chi connectivity index (χ0n) is 16.7. The van der Waals surface area contributed by atoms with E-state index in [4.69, 9.17) is 16.3 Å². The number of nitrogens with zero attached hydrogens (tertiary/aromatic N) is 4. The van der Waals surface area contributed by atoms with Gasteiger partial charge in [0.05, 0.1) is 35.2 Å². The summed E-state index contributed by atoms with van der Waals surface area (Å²) in [5.74, 6) is -0.788. The molecule has 2 heterocycles. The van der Waals surface area contributed by atoms with Gasteiger partial charge >= 0.3 is 0 Å². The summed E-state index contributed by atoms with van der Waals surface area (Å²) < 4.78 is 34.0. The van der Waals surface area contributed by atoms with E-state index >= 15 is 0 Å². The number of ether oxygens (including phenoxy) is 1. The second-order valence-corrected chi connectivity index (χ2v) is 8.75. The van der Waals surface area contributed by atoms with Gasteiger partial charge in [0, 0.05) is 6.07 Å². The van der Waals surface area contributed by atoms with Crippen molar-refractivity contribution in [2.75, 3.05) is 7.11 Å². The van der Waals surface area contributed by atoms with Crippen LogP contribution >= 0.6 is 11.6 Å². The Hall–Kier alpha value is -2.67. The summed E-state index contributed by atoms with van der Waals surface area (Å²) in [5.41, 5.74) is 1.71. The molecule has 0 saturated heterocycles. The zero-order valence-corrected chi connectivity index (χ0v) is 17.5. The lowest BCUT2D eigenvalue weighted by Crippen LogP contribution is -2.38. The van der Waals surface area contributed by atoms with E-state index in [1.165, 1.54) is 25.3 Å². The lowest BCUT2D eigenvalue weighted by atomic mass is 9.66. The molecule has 8 heteroatoms. The van der Waals surface area contributed by atoms with Gasteiger partial charge < -0.3 is 4.74 Å². The standard InChI is InChI=1S/C22H19ClF2N4O/c1-21(2)12-7-8-22(21,16-10-17(30-3)27-20(23)26-16)19-11(12)9-15(28-29-19)18-13(24)5-4-6-14(18)25/h4-6,9-10,12H,7-8H2,1-3H3/t12-,22+/m0/s1. The number of methoxy groups -OCH3 is 1. The summed E-state index contributed by atoms with van der Waals surface area (Å²) in [4.78, 5) is 8.62. The van der Waals surface area contributed by atoms with Crippen molar-refractivity contribution in [1.82, 2.24) is 20.2 Å². The summed E-state index contributed by atoms with van der Waals surface area (Å²) in [6, 6.07) is 7.34. The number of hydrogen-bond acceptors (Lipinski definition) is 5. The van der Waals surface area contributed by atoms with E-state index in [1.807, 2.05) is 0 Å². The molecular formula is C22H19ClF2N4O. The second kappa shape index (κ2) is 6.41. The van der Waals surface area contributed by atoms with Gasteiger partial charge in [-0.1, -0.05) is 19.9 Å². The topological polar surface area (TPSA) is 60.8 Å². The van der Waals surface area contributed by atoms with Crippen LogP contribution in [0.25, 0.3) is 11.3 Å². The van der Waals surface area contributed by atoms with Crippen LogP contribution in [0, 0.1) is 17.0 Å². The van der Waals surface area contributed by atoms with E-state index < -0.39 is 17.0 Å². The molecule has 1 aromatic carbocycles. The van der Waals surface area contributed by atoms with Crippen molar-refractivity contribution in [3.05, 3.63) is 64.2 Å². The minimum absolute atomic E-state index is 0.101. The monoisotopic (exact) mass is 428 g/mol. The highest BCUT2D eigenvalue weighted by Gasteiger charge is 2.65. The van der Waals surface area contributed by atoms with E-state index in [0.717, 1.165) is 29.8 Å². The maximum atomic E-state index is 14.3. The first-order valence-electron chi connectivity index (χ1n) is 9.71. The molecule has 2 bridgehead atoms. The lowest BCUT2D eigenvalue weighted by Gasteiger charge is -2.37. The van der Waals surface area contributed by atoms with Crippen LogP contribution in [0.15, 0.2) is 30.3 Å². The highest BCUT2D eigenvalue weighted by molar-refractivity contribution is 6.28. The Balaban J connectivity index is 1.73. The minimum Gasteiger partial charge on any atom is -0.481 e. The predicted molar refractivity (Wildman–Crippen MR) is 108 cm³/mol. The van der Waals surface area contributed by atoms with Gasteiger partial charge in [-0.25, -0.2) is 13.8 Å². The second-order valence-electron chi connectivity index (χ2n) is 8.41. The molecule has 0 unspecified atom stereocenters. The van der Waals surface area contributed by atoms with Crippen molar-refractivity contribution in [2.24, 2.45) is 5.41 Å². The smallest absolute Gasteiger partial charge is 0.225 e. The molecule has 154 valence electrons. The largest absolute Gasteiger partial charge is 0.481 e. The molecule has 0 spiro atoms. The Morgan fingerprint density at radius 3 is 2.53 bits per heavy atom. The molecule has 1 fully saturated rings. The highest BCUT2D eigenvalue weighted by atomic mass is 35.5. The third kappa shape index (κ3) is 2.38. The van der Waals surface area contributed by atoms with Crippen molar-refractivity contribution in [3.8, 4) is 17.1 Å². The van der Waals surface area contributed by atoms with E-state index in [-0.39, 0.29) is 27.9 Å². The van der Waals surface area contributed by atoms with Gasteiger partial charge in [-0.05, 0) is 59.5 Å². The summed E-state index contributed by atoms with van der Waals surface area (Å²) in [6.45, 7) is 4.33. The molecule has 30 heavy (non-hydrogen) atoms. The number of fused-ring (bicyclic) bond motifs is 5. The SMILES string of the molecule is COc1cc([C@]23CC[C@@H](c4cc(-c5c(F)cccc5F)nnc42)C3(C)C)nc(Cl)n1. The minimum atomic E-state index is -0.659. The Kier molecular flexibility index (Phi) is 4.13. The molecule has 2 aliphatic rings. The Morgan fingerprint density at radius 2 is 1.83 bits per heavy atom. The molecule has 0 aliphatic heterocycles. The summed E-state index contributed by atoms with van der Waals surface area (Å²) >= 11 is 6.18. The fourth-order valence-corrected chi connectivity index (χ4v) is 5.65. The molecule has 0 amide bonds. The summed E-state index contributed by atoms with van der Waals surface area (Å²) in [7, 11) is 1.53. The predicted octanol–water partition coefficient (Wildman–Crippen LogP) is 5.08. The fraction of sp³-hybridized carbons (Fsp3) is 0.364. The van der Waals surface area contributed by atoms with Gasteiger partial charge in [0.1, 0.15) is 11.6 Å². The molecule has 2 aliphatic carbocycles. The molecule has 5 nitrogen and oxygen atoms in total. The molecule has 3 aromatic rings. The van der Waals surface area contributed by atoms with E-state index in [0.29, 0.717) is 5.88 Å². The normalized spacial score (nSPS) is 23.5. The van der Waals surface area contributed by atoms with Crippen molar-refractivity contribution in [2.45, 2.75) is 38.0 Å². The quantitative estimate of drug-likeness (QED) is 0.544. The number of benzene rings is 1. The molecular weight excluding hydrogens is 410 g/mol. The van der Waals surface area contributed by atoms with Crippen LogP contribution in [-0.2, 0) is 5.41 Å². The van der Waals surface area contributed by atoms with Crippen molar-refractivity contribution < 1.29 is 13.5 Å². The third-order valence-electron chi connectivity index (χ3n) is 6.92. The third-order valence-corrected chi connectivity index (χ3v) is 7.09. The molecule has 2 atom stereocenters. The fourth-order valence-electron chi connectivity index (χ4n) is 5.48. The van der Waals surface area contributed by atoms with Gasteiger partial charge in [-0.3, -0.25) is 0 Å². The average molecular weight is 429 g/mol. The molecule has 0 N–H and O–H groups in total. The maximum absolute atomic E-state index is 14.3. The van der Waals surface area contributed by atoms with Gasteiger partial charge in [0.25, 0.3) is 0 Å². The number of halogens is 3. The molecule has 1 saturated carbocycles. The van der Waals surface area contributed by atoms with Crippen LogP contribution < -0.4 is 4.74 Å². The Morgan fingerprint density at radius 1 is 1.10 bits per heavy atom. The van der Waals surface area contributed by atoms with Crippen LogP contribution in [0.1, 0.15) is 49.6 Å². The summed E-state index contributed by atoms with van der Waals surface area (Å²) in [6.07, 6.45) is 1.71. The number of aromatic nitrogens is 4. The van der Waals surface area contributed by atoms with E-state index in [1.54, 1.807) is 12.1 Å². The van der Waals surface area contributed by atoms with Gasteiger partial charge in [-0.15, -0.1) is 5.10 Å². The highest BCUT2D eigenvalue weighted by Crippen LogP contribution is 2.69. The van der Waals surface area contributed by atoms with E-state index in [2.05, 4.69) is 34.0 Å². The molecule has 0 radical (unpaired) electrons.